The van der Waals surface area contributed by atoms with E-state index >= 15 is 0 Å². The number of nitrogens with zero attached hydrogens (tertiary/aromatic N) is 1. The molecule has 0 radical (unpaired) electrons. The Kier molecular flexibility index (Phi) is 7.90. The number of benzene rings is 3. The average Bonchev–Trinajstić information content (AvgIpc) is 3.16. The van der Waals surface area contributed by atoms with Gasteiger partial charge in [-0.15, -0.1) is 0 Å². The minimum Gasteiger partial charge on any atom is -0.507 e. The van der Waals surface area contributed by atoms with Gasteiger partial charge in [0.25, 0.3) is 11.7 Å². The number of carboxylic acid groups (broad SMARTS) is 1. The number of hydrogen-bond donors (Lipinski definition) is 2. The molecule has 7 heteroatoms. The SMILES string of the molecule is CCCOc1ccc(/C(O)=C2\C(=O)C(=O)N(Cc3ccc(C(=O)O)cc3)C2c2ccc(C(C)(C)C)cc2)cc1. The van der Waals surface area contributed by atoms with Crippen molar-refractivity contribution in [2.45, 2.75) is 52.1 Å². The molecule has 1 saturated heterocycles. The number of aliphatic hydroxyl groups excluding tert-OH is 1. The molecule has 3 aromatic carbocycles. The van der Waals surface area contributed by atoms with Crippen LogP contribution >= 0.6 is 0 Å². The van der Waals surface area contributed by atoms with Crippen molar-refractivity contribution >= 4 is 23.4 Å². The highest BCUT2D eigenvalue weighted by Crippen LogP contribution is 2.41. The lowest BCUT2D eigenvalue weighted by atomic mass is 9.85. The molecule has 0 bridgehead atoms. The molecule has 1 unspecified atom stereocenters. The quantitative estimate of drug-likeness (QED) is 0.209. The molecule has 1 aliphatic rings. The number of carbonyl (C=O) groups is 3. The molecule has 1 fully saturated rings. The van der Waals surface area contributed by atoms with Crippen molar-refractivity contribution in [3.63, 3.8) is 0 Å². The molecule has 202 valence electrons. The first-order chi connectivity index (χ1) is 18.5. The highest BCUT2D eigenvalue weighted by Gasteiger charge is 2.46. The predicted molar refractivity (Wildman–Crippen MR) is 149 cm³/mol. The van der Waals surface area contributed by atoms with Crippen molar-refractivity contribution in [3.05, 3.63) is 106 Å². The number of hydrogen-bond acceptors (Lipinski definition) is 5. The number of carboxylic acids is 1. The minimum absolute atomic E-state index is 0.00731. The van der Waals surface area contributed by atoms with Crippen LogP contribution < -0.4 is 4.74 Å². The molecule has 0 aliphatic carbocycles. The summed E-state index contributed by atoms with van der Waals surface area (Å²) >= 11 is 0. The van der Waals surface area contributed by atoms with E-state index in [2.05, 4.69) is 20.8 Å². The standard InChI is InChI=1S/C32H33NO6/c1-5-18-39-25-16-12-22(13-17-25)28(34)26-27(21-10-14-24(15-11-21)32(2,3)4)33(30(36)29(26)35)19-20-6-8-23(9-7-20)31(37)38/h6-17,27,34H,5,18-19H2,1-4H3,(H,37,38)/b28-26+. The number of amides is 1. The van der Waals surface area contributed by atoms with Gasteiger partial charge in [-0.2, -0.15) is 0 Å². The van der Waals surface area contributed by atoms with E-state index in [0.29, 0.717) is 29.0 Å². The van der Waals surface area contributed by atoms with Gasteiger partial charge in [0.2, 0.25) is 0 Å². The van der Waals surface area contributed by atoms with Gasteiger partial charge in [0.15, 0.2) is 0 Å². The Hall–Kier alpha value is -4.39. The lowest BCUT2D eigenvalue weighted by molar-refractivity contribution is -0.140. The minimum atomic E-state index is -1.05. The molecule has 1 amide bonds. The van der Waals surface area contributed by atoms with Crippen LogP contribution in [0.25, 0.3) is 5.76 Å². The van der Waals surface area contributed by atoms with Gasteiger partial charge in [0, 0.05) is 12.1 Å². The van der Waals surface area contributed by atoms with E-state index in [4.69, 9.17) is 4.74 Å². The van der Waals surface area contributed by atoms with Crippen molar-refractivity contribution in [2.75, 3.05) is 6.61 Å². The second-order valence-corrected chi connectivity index (χ2v) is 10.7. The highest BCUT2D eigenvalue weighted by molar-refractivity contribution is 6.46. The maximum atomic E-state index is 13.4. The normalized spacial score (nSPS) is 16.9. The predicted octanol–water partition coefficient (Wildman–Crippen LogP) is 6.09. The maximum Gasteiger partial charge on any atom is 0.335 e. The van der Waals surface area contributed by atoms with E-state index in [0.717, 1.165) is 12.0 Å². The number of aromatic carboxylic acids is 1. The molecule has 0 spiro atoms. The van der Waals surface area contributed by atoms with Crippen molar-refractivity contribution in [1.29, 1.82) is 0 Å². The lowest BCUT2D eigenvalue weighted by Crippen LogP contribution is -2.29. The smallest absolute Gasteiger partial charge is 0.335 e. The number of Topliss-reactive ketones (excluding diaryl/α,β-unsaturated/α-hetero) is 1. The van der Waals surface area contributed by atoms with Crippen molar-refractivity contribution < 1.29 is 29.3 Å². The van der Waals surface area contributed by atoms with Gasteiger partial charge < -0.3 is 19.8 Å². The van der Waals surface area contributed by atoms with E-state index in [-0.39, 0.29) is 28.9 Å². The summed E-state index contributed by atoms with van der Waals surface area (Å²) in [5.74, 6) is -2.17. The molecule has 4 rings (SSSR count). The second kappa shape index (κ2) is 11.2. The zero-order valence-electron chi connectivity index (χ0n) is 22.6. The van der Waals surface area contributed by atoms with Gasteiger partial charge in [-0.25, -0.2) is 4.79 Å². The van der Waals surface area contributed by atoms with Crippen LogP contribution in [0, 0.1) is 0 Å². The Balaban J connectivity index is 1.78. The van der Waals surface area contributed by atoms with Gasteiger partial charge in [-0.1, -0.05) is 64.1 Å². The highest BCUT2D eigenvalue weighted by atomic mass is 16.5. The van der Waals surface area contributed by atoms with E-state index < -0.39 is 23.7 Å². The molecule has 7 nitrogen and oxygen atoms in total. The number of ether oxygens (including phenoxy) is 1. The largest absolute Gasteiger partial charge is 0.507 e. The van der Waals surface area contributed by atoms with E-state index in [1.54, 1.807) is 36.4 Å². The first-order valence-electron chi connectivity index (χ1n) is 13.0. The first-order valence-corrected chi connectivity index (χ1v) is 13.0. The fourth-order valence-corrected chi connectivity index (χ4v) is 4.59. The molecule has 2 N–H and O–H groups in total. The zero-order chi connectivity index (χ0) is 28.3. The van der Waals surface area contributed by atoms with E-state index in [1.165, 1.54) is 17.0 Å². The molecule has 1 atom stereocenters. The van der Waals surface area contributed by atoms with E-state index in [1.807, 2.05) is 31.2 Å². The fourth-order valence-electron chi connectivity index (χ4n) is 4.59. The Morgan fingerprint density at radius 1 is 0.872 bits per heavy atom. The number of likely N-dealkylation sites (tertiary alicyclic amines) is 1. The topological polar surface area (TPSA) is 104 Å². The average molecular weight is 528 g/mol. The van der Waals surface area contributed by atoms with Crippen molar-refractivity contribution in [3.8, 4) is 5.75 Å². The summed E-state index contributed by atoms with van der Waals surface area (Å²) in [6.07, 6.45) is 0.859. The van der Waals surface area contributed by atoms with Gasteiger partial charge in [0.05, 0.1) is 23.8 Å². The summed E-state index contributed by atoms with van der Waals surface area (Å²) < 4.78 is 5.63. The van der Waals surface area contributed by atoms with Crippen LogP contribution in [0.2, 0.25) is 0 Å². The maximum absolute atomic E-state index is 13.4. The number of rotatable bonds is 8. The summed E-state index contributed by atoms with van der Waals surface area (Å²) in [6, 6.07) is 19.8. The van der Waals surface area contributed by atoms with Crippen LogP contribution in [0.5, 0.6) is 5.75 Å². The zero-order valence-corrected chi connectivity index (χ0v) is 22.6. The Morgan fingerprint density at radius 2 is 1.46 bits per heavy atom. The summed E-state index contributed by atoms with van der Waals surface area (Å²) in [5, 5.41) is 20.6. The van der Waals surface area contributed by atoms with Crippen LogP contribution in [0.15, 0.2) is 78.4 Å². The van der Waals surface area contributed by atoms with Crippen LogP contribution in [0.1, 0.15) is 72.8 Å². The Bertz CT molecular complexity index is 1400. The van der Waals surface area contributed by atoms with E-state index in [9.17, 15) is 24.6 Å². The second-order valence-electron chi connectivity index (χ2n) is 10.7. The molecule has 1 aliphatic heterocycles. The number of aliphatic hydroxyl groups is 1. The molecular weight excluding hydrogens is 494 g/mol. The van der Waals surface area contributed by atoms with Crippen LogP contribution in [0.3, 0.4) is 0 Å². The molecule has 1 heterocycles. The third-order valence-corrected chi connectivity index (χ3v) is 6.79. The van der Waals surface area contributed by atoms with Gasteiger partial charge in [-0.05, 0) is 64.9 Å². The molecular formula is C32H33NO6. The molecule has 0 saturated carbocycles. The van der Waals surface area contributed by atoms with Crippen LogP contribution in [0.4, 0.5) is 0 Å². The third-order valence-electron chi connectivity index (χ3n) is 6.79. The number of carbonyl (C=O) groups excluding carboxylic acids is 2. The monoisotopic (exact) mass is 527 g/mol. The lowest BCUT2D eigenvalue weighted by Gasteiger charge is -2.26. The Labute approximate surface area is 228 Å². The molecule has 3 aromatic rings. The van der Waals surface area contributed by atoms with Gasteiger partial charge in [0.1, 0.15) is 11.5 Å². The van der Waals surface area contributed by atoms with Crippen molar-refractivity contribution in [1.82, 2.24) is 4.90 Å². The fraction of sp³-hybridized carbons (Fsp3) is 0.281. The molecule has 0 aromatic heterocycles. The Morgan fingerprint density at radius 3 is 2.00 bits per heavy atom. The van der Waals surface area contributed by atoms with Gasteiger partial charge in [-0.3, -0.25) is 9.59 Å². The summed E-state index contributed by atoms with van der Waals surface area (Å²) in [6.45, 7) is 8.94. The van der Waals surface area contributed by atoms with Crippen LogP contribution in [-0.2, 0) is 21.5 Å². The third kappa shape index (κ3) is 5.87. The van der Waals surface area contributed by atoms with Gasteiger partial charge >= 0.3 is 5.97 Å². The first kappa shape index (κ1) is 27.6. The number of ketones is 1. The van der Waals surface area contributed by atoms with Crippen LogP contribution in [-0.4, -0.2) is 39.4 Å². The summed E-state index contributed by atoms with van der Waals surface area (Å²) in [7, 11) is 0. The summed E-state index contributed by atoms with van der Waals surface area (Å²) in [5.41, 5.74) is 2.89. The molecule has 39 heavy (non-hydrogen) atoms. The summed E-state index contributed by atoms with van der Waals surface area (Å²) in [4.78, 5) is 39.4. The van der Waals surface area contributed by atoms with Crippen molar-refractivity contribution in [2.24, 2.45) is 0 Å².